The maximum absolute atomic E-state index is 12.6. The van der Waals surface area contributed by atoms with E-state index in [1.165, 1.54) is 10.6 Å². The van der Waals surface area contributed by atoms with Crippen molar-refractivity contribution in [3.8, 4) is 5.75 Å². The summed E-state index contributed by atoms with van der Waals surface area (Å²) < 4.78 is 7.18. The predicted octanol–water partition coefficient (Wildman–Crippen LogP) is 3.55. The second kappa shape index (κ2) is 10.2. The molecule has 8 nitrogen and oxygen atoms in total. The Morgan fingerprint density at radius 1 is 1.06 bits per heavy atom. The quantitative estimate of drug-likeness (QED) is 0.321. The van der Waals surface area contributed by atoms with Crippen LogP contribution in [0.4, 0.5) is 5.95 Å². The fourth-order valence-corrected chi connectivity index (χ4v) is 3.20. The Bertz CT molecular complexity index is 1330. The van der Waals surface area contributed by atoms with Crippen molar-refractivity contribution >= 4 is 28.8 Å². The molecule has 0 aliphatic rings. The van der Waals surface area contributed by atoms with Crippen LogP contribution in [0.3, 0.4) is 0 Å². The Balaban J connectivity index is 1.35. The van der Waals surface area contributed by atoms with Crippen LogP contribution in [-0.2, 0) is 17.9 Å². The van der Waals surface area contributed by atoms with Gasteiger partial charge in [0, 0.05) is 18.8 Å². The molecule has 2 aromatic carbocycles. The van der Waals surface area contributed by atoms with Gasteiger partial charge in [-0.15, -0.1) is 0 Å². The Hall–Kier alpha value is -4.46. The molecule has 0 atom stereocenters. The number of fused-ring (bicyclic) bond motifs is 1. The highest BCUT2D eigenvalue weighted by molar-refractivity contribution is 5.92. The number of anilines is 1. The fraction of sp³-hybridized carbons (Fsp3) is 0.120. The molecule has 2 N–H and O–H groups in total. The van der Waals surface area contributed by atoms with E-state index in [-0.39, 0.29) is 17.4 Å². The van der Waals surface area contributed by atoms with E-state index in [1.54, 1.807) is 30.5 Å². The number of para-hydroxylation sites is 1. The van der Waals surface area contributed by atoms with Crippen LogP contribution in [0.25, 0.3) is 17.0 Å². The summed E-state index contributed by atoms with van der Waals surface area (Å²) in [6.07, 6.45) is 4.80. The molecule has 0 aliphatic heterocycles. The smallest absolute Gasteiger partial charge is 0.262 e. The summed E-state index contributed by atoms with van der Waals surface area (Å²) in [4.78, 5) is 33.6. The molecule has 0 aliphatic carbocycles. The molecule has 0 fully saturated rings. The molecular formula is C25H23N5O3. The van der Waals surface area contributed by atoms with Gasteiger partial charge in [-0.1, -0.05) is 30.3 Å². The molecule has 8 heteroatoms. The number of nitrogens with zero attached hydrogens (tertiary/aromatic N) is 3. The summed E-state index contributed by atoms with van der Waals surface area (Å²) in [5.41, 5.74) is 7.38. The highest BCUT2D eigenvalue weighted by atomic mass is 16.5. The van der Waals surface area contributed by atoms with Gasteiger partial charge in [-0.3, -0.25) is 30.0 Å². The van der Waals surface area contributed by atoms with E-state index in [0.717, 1.165) is 11.3 Å². The Kier molecular flexibility index (Phi) is 6.75. The molecule has 0 saturated heterocycles. The number of hydrogen-bond acceptors (Lipinski definition) is 6. The molecule has 0 radical (unpaired) electrons. The summed E-state index contributed by atoms with van der Waals surface area (Å²) in [5, 5.41) is 0.531. The zero-order chi connectivity index (χ0) is 23.0. The third-order valence-corrected chi connectivity index (χ3v) is 4.90. The molecule has 4 aromatic rings. The number of ether oxygens (including phenoxy) is 1. The molecule has 0 spiro atoms. The number of hydrazine groups is 1. The number of aromatic nitrogens is 3. The van der Waals surface area contributed by atoms with Gasteiger partial charge in [0.1, 0.15) is 12.4 Å². The number of amides is 1. The lowest BCUT2D eigenvalue weighted by atomic mass is 10.2. The SMILES string of the molecule is CCn1c(NNC(=O)/C=C/c2ccc(OCc3ccccn3)cc2)nc2ccccc2c1=O. The normalized spacial score (nSPS) is 10.9. The van der Waals surface area contributed by atoms with Crippen LogP contribution in [0.2, 0.25) is 0 Å². The van der Waals surface area contributed by atoms with E-state index >= 15 is 0 Å². The molecule has 1 amide bonds. The third kappa shape index (κ3) is 5.43. The Morgan fingerprint density at radius 3 is 2.61 bits per heavy atom. The topological polar surface area (TPSA) is 98.1 Å². The van der Waals surface area contributed by atoms with E-state index in [4.69, 9.17) is 4.74 Å². The molecule has 0 unspecified atom stereocenters. The van der Waals surface area contributed by atoms with Gasteiger partial charge in [-0.25, -0.2) is 4.98 Å². The number of nitrogens with one attached hydrogen (secondary N) is 2. The van der Waals surface area contributed by atoms with Gasteiger partial charge in [0.05, 0.1) is 16.6 Å². The summed E-state index contributed by atoms with van der Waals surface area (Å²) in [6.45, 7) is 2.64. The van der Waals surface area contributed by atoms with Crippen molar-refractivity contribution in [3.05, 3.63) is 101 Å². The van der Waals surface area contributed by atoms with Crippen LogP contribution in [0, 0.1) is 0 Å². The maximum atomic E-state index is 12.6. The van der Waals surface area contributed by atoms with Gasteiger partial charge in [0.2, 0.25) is 5.95 Å². The van der Waals surface area contributed by atoms with Crippen LogP contribution < -0.4 is 21.1 Å². The van der Waals surface area contributed by atoms with Crippen molar-refractivity contribution in [2.24, 2.45) is 0 Å². The first kappa shape index (κ1) is 21.8. The predicted molar refractivity (Wildman–Crippen MR) is 127 cm³/mol. The lowest BCUT2D eigenvalue weighted by molar-refractivity contribution is -0.116. The van der Waals surface area contributed by atoms with Crippen LogP contribution in [0.1, 0.15) is 18.2 Å². The molecule has 0 saturated carbocycles. The first-order valence-electron chi connectivity index (χ1n) is 10.5. The zero-order valence-electron chi connectivity index (χ0n) is 18.1. The minimum Gasteiger partial charge on any atom is -0.487 e. The van der Waals surface area contributed by atoms with Crippen molar-refractivity contribution in [1.82, 2.24) is 20.0 Å². The van der Waals surface area contributed by atoms with Crippen molar-refractivity contribution in [2.45, 2.75) is 20.1 Å². The molecule has 2 heterocycles. The molecule has 33 heavy (non-hydrogen) atoms. The number of benzene rings is 2. The average Bonchev–Trinajstić information content (AvgIpc) is 2.86. The van der Waals surface area contributed by atoms with Gasteiger partial charge in [0.15, 0.2) is 0 Å². The summed E-state index contributed by atoms with van der Waals surface area (Å²) in [7, 11) is 0. The second-order valence-corrected chi connectivity index (χ2v) is 7.13. The summed E-state index contributed by atoms with van der Waals surface area (Å²) in [6, 6.07) is 20.1. The number of pyridine rings is 1. The van der Waals surface area contributed by atoms with Crippen LogP contribution >= 0.6 is 0 Å². The molecular weight excluding hydrogens is 418 g/mol. The molecule has 4 rings (SSSR count). The maximum Gasteiger partial charge on any atom is 0.262 e. The highest BCUT2D eigenvalue weighted by Gasteiger charge is 2.09. The Labute approximate surface area is 190 Å². The standard InChI is InChI=1S/C25H23N5O3/c1-2-30-24(32)21-8-3-4-9-22(21)27-25(30)29-28-23(31)15-12-18-10-13-20(14-11-18)33-17-19-7-5-6-16-26-19/h3-16H,2,17H2,1H3,(H,27,29)(H,28,31)/b15-12+. The van der Waals surface area contributed by atoms with Crippen molar-refractivity contribution in [2.75, 3.05) is 5.43 Å². The van der Waals surface area contributed by atoms with Crippen molar-refractivity contribution < 1.29 is 9.53 Å². The van der Waals surface area contributed by atoms with E-state index in [2.05, 4.69) is 20.8 Å². The van der Waals surface area contributed by atoms with Crippen LogP contribution in [0.15, 0.2) is 83.8 Å². The molecule has 166 valence electrons. The van der Waals surface area contributed by atoms with Crippen LogP contribution in [-0.4, -0.2) is 20.4 Å². The van der Waals surface area contributed by atoms with E-state index in [9.17, 15) is 9.59 Å². The van der Waals surface area contributed by atoms with E-state index in [1.807, 2.05) is 55.5 Å². The fourth-order valence-electron chi connectivity index (χ4n) is 3.20. The van der Waals surface area contributed by atoms with Crippen molar-refractivity contribution in [3.63, 3.8) is 0 Å². The van der Waals surface area contributed by atoms with E-state index in [0.29, 0.717) is 29.8 Å². The summed E-state index contributed by atoms with van der Waals surface area (Å²) in [5.74, 6) is 0.608. The first-order valence-corrected chi connectivity index (χ1v) is 10.5. The average molecular weight is 441 g/mol. The van der Waals surface area contributed by atoms with Gasteiger partial charge in [-0.05, 0) is 55.0 Å². The Morgan fingerprint density at radius 2 is 1.85 bits per heavy atom. The van der Waals surface area contributed by atoms with E-state index < -0.39 is 0 Å². The largest absolute Gasteiger partial charge is 0.487 e. The first-order chi connectivity index (χ1) is 16.1. The zero-order valence-corrected chi connectivity index (χ0v) is 18.1. The number of hydrogen-bond donors (Lipinski definition) is 2. The summed E-state index contributed by atoms with van der Waals surface area (Å²) >= 11 is 0. The monoisotopic (exact) mass is 441 g/mol. The lowest BCUT2D eigenvalue weighted by Crippen LogP contribution is -2.33. The number of carbonyl (C=O) groups excluding carboxylic acids is 1. The van der Waals surface area contributed by atoms with Gasteiger partial charge in [-0.2, -0.15) is 0 Å². The van der Waals surface area contributed by atoms with Gasteiger partial charge < -0.3 is 4.74 Å². The van der Waals surface area contributed by atoms with Crippen molar-refractivity contribution in [1.29, 1.82) is 0 Å². The number of rotatable bonds is 8. The lowest BCUT2D eigenvalue weighted by Gasteiger charge is -2.13. The molecule has 2 aromatic heterocycles. The molecule has 0 bridgehead atoms. The second-order valence-electron chi connectivity index (χ2n) is 7.13. The minimum absolute atomic E-state index is 0.166. The minimum atomic E-state index is -0.379. The van der Waals surface area contributed by atoms with Crippen LogP contribution in [0.5, 0.6) is 5.75 Å². The van der Waals surface area contributed by atoms with Gasteiger partial charge in [0.25, 0.3) is 11.5 Å². The highest BCUT2D eigenvalue weighted by Crippen LogP contribution is 2.15. The van der Waals surface area contributed by atoms with Gasteiger partial charge >= 0.3 is 0 Å². The third-order valence-electron chi connectivity index (χ3n) is 4.90. The number of carbonyl (C=O) groups is 1.